The summed E-state index contributed by atoms with van der Waals surface area (Å²) in [7, 11) is 3.54. The van der Waals surface area contributed by atoms with Crippen molar-refractivity contribution < 1.29 is 14.2 Å². The Kier molecular flexibility index (Phi) is 6.70. The Hall–Kier alpha value is -1.40. The van der Waals surface area contributed by atoms with Crippen molar-refractivity contribution in [3.05, 3.63) is 60.2 Å². The van der Waals surface area contributed by atoms with Gasteiger partial charge in [-0.3, -0.25) is 4.90 Å². The maximum absolute atomic E-state index is 5.92. The number of benzene rings is 2. The van der Waals surface area contributed by atoms with Crippen LogP contribution in [-0.2, 0) is 14.9 Å². The van der Waals surface area contributed by atoms with Gasteiger partial charge in [0.15, 0.2) is 0 Å². The molecule has 5 heteroatoms. The molecule has 0 spiro atoms. The van der Waals surface area contributed by atoms with Crippen LogP contribution >= 0.6 is 15.9 Å². The molecule has 1 atom stereocenters. The van der Waals surface area contributed by atoms with Crippen LogP contribution in [0.5, 0.6) is 11.5 Å². The zero-order valence-electron chi connectivity index (χ0n) is 15.4. The monoisotopic (exact) mass is 419 g/mol. The van der Waals surface area contributed by atoms with Crippen molar-refractivity contribution in [2.24, 2.45) is 0 Å². The summed E-state index contributed by atoms with van der Waals surface area (Å²) in [6, 6.07) is 18.3. The second-order valence-corrected chi connectivity index (χ2v) is 7.33. The van der Waals surface area contributed by atoms with Gasteiger partial charge in [0.2, 0.25) is 0 Å². The highest BCUT2D eigenvalue weighted by atomic mass is 79.9. The van der Waals surface area contributed by atoms with E-state index in [0.717, 1.165) is 43.1 Å². The van der Waals surface area contributed by atoms with Crippen LogP contribution < -0.4 is 4.74 Å². The SMILES string of the molecule is COCCN1CC(c2ccc(Oc3ccccc3)cc2)(C(CBr)OC)C1. The van der Waals surface area contributed by atoms with Crippen LogP contribution in [0, 0.1) is 0 Å². The number of rotatable bonds is 9. The lowest BCUT2D eigenvalue weighted by molar-refractivity contribution is -0.0510. The van der Waals surface area contributed by atoms with Gasteiger partial charge in [-0.25, -0.2) is 0 Å². The van der Waals surface area contributed by atoms with E-state index >= 15 is 0 Å². The predicted octanol–water partition coefficient (Wildman–Crippen LogP) is 4.09. The second-order valence-electron chi connectivity index (χ2n) is 6.68. The van der Waals surface area contributed by atoms with Crippen molar-refractivity contribution in [2.75, 3.05) is 45.8 Å². The lowest BCUT2D eigenvalue weighted by Crippen LogP contribution is -2.66. The van der Waals surface area contributed by atoms with E-state index in [0.29, 0.717) is 0 Å². The van der Waals surface area contributed by atoms with Gasteiger partial charge in [-0.15, -0.1) is 0 Å². The molecule has 0 radical (unpaired) electrons. The minimum absolute atomic E-state index is 0.00271. The molecule has 3 rings (SSSR count). The summed E-state index contributed by atoms with van der Waals surface area (Å²) < 4.78 is 16.9. The van der Waals surface area contributed by atoms with E-state index in [2.05, 4.69) is 33.0 Å². The third-order valence-corrected chi connectivity index (χ3v) is 5.66. The van der Waals surface area contributed by atoms with Gasteiger partial charge in [0.25, 0.3) is 0 Å². The topological polar surface area (TPSA) is 30.9 Å². The minimum Gasteiger partial charge on any atom is -0.457 e. The van der Waals surface area contributed by atoms with Crippen LogP contribution in [0.1, 0.15) is 5.56 Å². The zero-order chi connectivity index (χ0) is 18.4. The number of hydrogen-bond acceptors (Lipinski definition) is 4. The third-order valence-electron chi connectivity index (χ3n) is 5.07. The Morgan fingerprint density at radius 3 is 2.23 bits per heavy atom. The molecule has 1 unspecified atom stereocenters. The Morgan fingerprint density at radius 2 is 1.65 bits per heavy atom. The third kappa shape index (κ3) is 4.12. The van der Waals surface area contributed by atoms with Crippen LogP contribution in [0.4, 0.5) is 0 Å². The minimum atomic E-state index is -0.00271. The molecule has 0 amide bonds. The summed E-state index contributed by atoms with van der Waals surface area (Å²) in [4.78, 5) is 2.41. The van der Waals surface area contributed by atoms with Crippen LogP contribution in [-0.4, -0.2) is 56.8 Å². The lowest BCUT2D eigenvalue weighted by Gasteiger charge is -2.54. The quantitative estimate of drug-likeness (QED) is 0.572. The fraction of sp³-hybridized carbons (Fsp3) is 0.429. The van der Waals surface area contributed by atoms with Gasteiger partial charge in [-0.05, 0) is 29.8 Å². The highest BCUT2D eigenvalue weighted by Crippen LogP contribution is 2.40. The van der Waals surface area contributed by atoms with Gasteiger partial charge in [-0.2, -0.15) is 0 Å². The number of ether oxygens (including phenoxy) is 3. The summed E-state index contributed by atoms with van der Waals surface area (Å²) in [6.45, 7) is 3.65. The van der Waals surface area contributed by atoms with Crippen LogP contribution in [0.25, 0.3) is 0 Å². The molecule has 2 aromatic carbocycles. The second kappa shape index (κ2) is 9.00. The number of methoxy groups -OCH3 is 2. The van der Waals surface area contributed by atoms with Crippen molar-refractivity contribution in [1.29, 1.82) is 0 Å². The molecule has 0 aromatic heterocycles. The Bertz CT molecular complexity index is 667. The average molecular weight is 420 g/mol. The molecular formula is C21H26BrNO3. The number of halogens is 1. The molecule has 1 saturated heterocycles. The van der Waals surface area contributed by atoms with Crippen molar-refractivity contribution in [3.63, 3.8) is 0 Å². The van der Waals surface area contributed by atoms with Gasteiger partial charge < -0.3 is 14.2 Å². The van der Waals surface area contributed by atoms with E-state index in [1.165, 1.54) is 5.56 Å². The number of nitrogens with zero attached hydrogens (tertiary/aromatic N) is 1. The van der Waals surface area contributed by atoms with Crippen molar-refractivity contribution >= 4 is 15.9 Å². The smallest absolute Gasteiger partial charge is 0.127 e. The molecule has 1 heterocycles. The molecule has 1 fully saturated rings. The summed E-state index contributed by atoms with van der Waals surface area (Å²) in [5, 5.41) is 0.809. The molecule has 0 N–H and O–H groups in total. The molecule has 1 aliphatic rings. The maximum atomic E-state index is 5.92. The van der Waals surface area contributed by atoms with Crippen molar-refractivity contribution in [2.45, 2.75) is 11.5 Å². The fourth-order valence-electron chi connectivity index (χ4n) is 3.62. The van der Waals surface area contributed by atoms with Gasteiger partial charge in [0.05, 0.1) is 12.7 Å². The first kappa shape index (κ1) is 19.4. The maximum Gasteiger partial charge on any atom is 0.127 e. The Balaban J connectivity index is 1.75. The summed E-state index contributed by atoms with van der Waals surface area (Å²) in [5.74, 6) is 1.69. The summed E-state index contributed by atoms with van der Waals surface area (Å²) >= 11 is 3.62. The highest BCUT2D eigenvalue weighted by Gasteiger charge is 2.49. The molecule has 2 aromatic rings. The van der Waals surface area contributed by atoms with Gasteiger partial charge in [0, 0.05) is 44.6 Å². The molecule has 140 valence electrons. The van der Waals surface area contributed by atoms with Crippen LogP contribution in [0.2, 0.25) is 0 Å². The van der Waals surface area contributed by atoms with Crippen LogP contribution in [0.3, 0.4) is 0 Å². The first-order chi connectivity index (χ1) is 12.7. The predicted molar refractivity (Wildman–Crippen MR) is 108 cm³/mol. The standard InChI is InChI=1S/C21H26BrNO3/c1-24-13-12-23-15-21(16-23,20(14-22)25-2)17-8-10-19(11-9-17)26-18-6-4-3-5-7-18/h3-11,20H,12-16H2,1-2H3. The van der Waals surface area contributed by atoms with Crippen molar-refractivity contribution in [3.8, 4) is 11.5 Å². The molecule has 1 aliphatic heterocycles. The van der Waals surface area contributed by atoms with E-state index in [9.17, 15) is 0 Å². The molecule has 0 bridgehead atoms. The molecule has 0 aliphatic carbocycles. The van der Waals surface area contributed by atoms with Crippen LogP contribution in [0.15, 0.2) is 54.6 Å². The highest BCUT2D eigenvalue weighted by molar-refractivity contribution is 9.09. The first-order valence-electron chi connectivity index (χ1n) is 8.85. The normalized spacial score (nSPS) is 17.5. The summed E-state index contributed by atoms with van der Waals surface area (Å²) in [6.07, 6.45) is 0.127. The van der Waals surface area contributed by atoms with E-state index in [1.54, 1.807) is 14.2 Å². The van der Waals surface area contributed by atoms with E-state index < -0.39 is 0 Å². The molecule has 26 heavy (non-hydrogen) atoms. The number of hydrogen-bond donors (Lipinski definition) is 0. The largest absolute Gasteiger partial charge is 0.457 e. The van der Waals surface area contributed by atoms with Crippen molar-refractivity contribution in [1.82, 2.24) is 4.90 Å². The number of para-hydroxylation sites is 1. The zero-order valence-corrected chi connectivity index (χ0v) is 16.9. The first-order valence-corrected chi connectivity index (χ1v) is 9.97. The molecule has 4 nitrogen and oxygen atoms in total. The summed E-state index contributed by atoms with van der Waals surface area (Å²) in [5.41, 5.74) is 1.29. The fourth-order valence-corrected chi connectivity index (χ4v) is 4.50. The van der Waals surface area contributed by atoms with Gasteiger partial charge in [0.1, 0.15) is 11.5 Å². The molecule has 0 saturated carbocycles. The van der Waals surface area contributed by atoms with E-state index in [4.69, 9.17) is 14.2 Å². The number of likely N-dealkylation sites (tertiary alicyclic amines) is 1. The Morgan fingerprint density at radius 1 is 1.00 bits per heavy atom. The van der Waals surface area contributed by atoms with E-state index in [-0.39, 0.29) is 11.5 Å². The Labute approximate surface area is 164 Å². The lowest BCUT2D eigenvalue weighted by atomic mass is 9.69. The van der Waals surface area contributed by atoms with Gasteiger partial charge in [-0.1, -0.05) is 46.3 Å². The molecular weight excluding hydrogens is 394 g/mol. The average Bonchev–Trinajstić information content (AvgIpc) is 2.65. The number of alkyl halides is 1. The van der Waals surface area contributed by atoms with Gasteiger partial charge >= 0.3 is 0 Å². The van der Waals surface area contributed by atoms with E-state index in [1.807, 2.05) is 42.5 Å².